The Morgan fingerprint density at radius 2 is 1.87 bits per heavy atom. The molecule has 1 aromatic heterocycles. The molecule has 4 nitrogen and oxygen atoms in total. The Morgan fingerprint density at radius 3 is 2.43 bits per heavy atom. The summed E-state index contributed by atoms with van der Waals surface area (Å²) in [5, 5.41) is -0.263. The Morgan fingerprint density at radius 1 is 1.09 bits per heavy atom. The van der Waals surface area contributed by atoms with Crippen LogP contribution < -0.4 is 0 Å². The van der Waals surface area contributed by atoms with Crippen molar-refractivity contribution >= 4 is 40.4 Å². The van der Waals surface area contributed by atoms with Gasteiger partial charge in [0.1, 0.15) is 0 Å². The van der Waals surface area contributed by atoms with Crippen molar-refractivity contribution in [2.75, 3.05) is 0 Å². The predicted molar refractivity (Wildman–Crippen MR) is 89.5 cm³/mol. The van der Waals surface area contributed by atoms with E-state index in [9.17, 15) is 9.59 Å². The number of halogens is 2. The number of aliphatic imine (C=N–C) groups is 1. The number of carbonyl (C=O) groups is 2. The number of aromatic nitrogens is 1. The van der Waals surface area contributed by atoms with Crippen molar-refractivity contribution in [1.82, 2.24) is 4.98 Å². The monoisotopic (exact) mass is 344 g/mol. The zero-order valence-electron chi connectivity index (χ0n) is 11.7. The van der Waals surface area contributed by atoms with Crippen molar-refractivity contribution in [2.45, 2.75) is 5.54 Å². The fourth-order valence-corrected chi connectivity index (χ4v) is 2.71. The van der Waals surface area contributed by atoms with E-state index in [1.807, 2.05) is 0 Å². The third kappa shape index (κ3) is 2.71. The molecule has 0 saturated heterocycles. The Balaban J connectivity index is 2.09. The number of rotatable bonds is 4. The van der Waals surface area contributed by atoms with E-state index in [0.29, 0.717) is 16.3 Å². The standard InChI is InChI=1S/C17H10Cl2N2O2/c18-13-5-2-1-4-12(13)15(22)17(8-3-9-21-17)14-7-6-11(10-20-14)16(19)23/h1-10H. The number of benzene rings is 1. The summed E-state index contributed by atoms with van der Waals surface area (Å²) in [6.07, 6.45) is 6.20. The molecule has 1 aromatic carbocycles. The van der Waals surface area contributed by atoms with Gasteiger partial charge in [-0.2, -0.15) is 0 Å². The smallest absolute Gasteiger partial charge is 0.253 e. The van der Waals surface area contributed by atoms with E-state index in [2.05, 4.69) is 9.98 Å². The maximum absolute atomic E-state index is 13.0. The highest BCUT2D eigenvalue weighted by molar-refractivity contribution is 6.67. The Kier molecular flexibility index (Phi) is 4.11. The number of ketones is 1. The lowest BCUT2D eigenvalue weighted by molar-refractivity contribution is 0.0921. The topological polar surface area (TPSA) is 59.4 Å². The molecule has 3 rings (SSSR count). The number of Topliss-reactive ketones (excluding diaryl/α,β-unsaturated/α-hetero) is 1. The molecular weight excluding hydrogens is 335 g/mol. The number of hydrogen-bond donors (Lipinski definition) is 0. The van der Waals surface area contributed by atoms with Crippen LogP contribution in [0.3, 0.4) is 0 Å². The Bertz CT molecular complexity index is 830. The molecule has 1 unspecified atom stereocenters. The zero-order valence-corrected chi connectivity index (χ0v) is 13.3. The third-order valence-corrected chi connectivity index (χ3v) is 4.10. The quantitative estimate of drug-likeness (QED) is 0.625. The molecule has 0 aliphatic carbocycles. The van der Waals surface area contributed by atoms with Crippen LogP contribution in [0.15, 0.2) is 59.7 Å². The van der Waals surface area contributed by atoms with Crippen LogP contribution in [0.2, 0.25) is 5.02 Å². The fourth-order valence-electron chi connectivity index (χ4n) is 2.37. The molecule has 2 aromatic rings. The largest absolute Gasteiger partial charge is 0.291 e. The maximum atomic E-state index is 13.0. The molecule has 114 valence electrons. The van der Waals surface area contributed by atoms with Gasteiger partial charge in [0.25, 0.3) is 5.24 Å². The number of pyridine rings is 1. The molecule has 2 heterocycles. The normalized spacial score (nSPS) is 19.0. The van der Waals surface area contributed by atoms with E-state index in [1.165, 1.54) is 18.5 Å². The lowest BCUT2D eigenvalue weighted by Crippen LogP contribution is -2.32. The van der Waals surface area contributed by atoms with Gasteiger partial charge < -0.3 is 0 Å². The predicted octanol–water partition coefficient (Wildman–Crippen LogP) is 3.83. The molecule has 6 heteroatoms. The Labute approximate surface area is 142 Å². The van der Waals surface area contributed by atoms with E-state index in [-0.39, 0.29) is 11.3 Å². The van der Waals surface area contributed by atoms with Crippen molar-refractivity contribution in [1.29, 1.82) is 0 Å². The highest BCUT2D eigenvalue weighted by Gasteiger charge is 2.41. The molecule has 1 aliphatic rings. The van der Waals surface area contributed by atoms with Crippen LogP contribution in [0, 0.1) is 0 Å². The molecule has 23 heavy (non-hydrogen) atoms. The van der Waals surface area contributed by atoms with Crippen LogP contribution in [0.1, 0.15) is 26.4 Å². The van der Waals surface area contributed by atoms with E-state index in [1.54, 1.807) is 42.5 Å². The van der Waals surface area contributed by atoms with Crippen LogP contribution in [0.5, 0.6) is 0 Å². The number of nitrogens with zero attached hydrogens (tertiary/aromatic N) is 2. The minimum atomic E-state index is -1.28. The molecule has 0 amide bonds. The molecule has 0 radical (unpaired) electrons. The van der Waals surface area contributed by atoms with Gasteiger partial charge in [-0.25, -0.2) is 0 Å². The lowest BCUT2D eigenvalue weighted by atomic mass is 9.86. The van der Waals surface area contributed by atoms with Gasteiger partial charge in [0.2, 0.25) is 5.78 Å². The van der Waals surface area contributed by atoms with Crippen LogP contribution >= 0.6 is 23.2 Å². The van der Waals surface area contributed by atoms with Gasteiger partial charge in [0.05, 0.1) is 16.3 Å². The van der Waals surface area contributed by atoms with Gasteiger partial charge in [-0.05, 0) is 48.0 Å². The van der Waals surface area contributed by atoms with Gasteiger partial charge in [0.15, 0.2) is 5.54 Å². The minimum Gasteiger partial charge on any atom is -0.291 e. The van der Waals surface area contributed by atoms with Gasteiger partial charge in [-0.1, -0.05) is 23.7 Å². The van der Waals surface area contributed by atoms with Crippen molar-refractivity contribution in [2.24, 2.45) is 4.99 Å². The number of hydrogen-bond acceptors (Lipinski definition) is 4. The molecule has 0 fully saturated rings. The van der Waals surface area contributed by atoms with Crippen molar-refractivity contribution in [3.05, 3.63) is 76.6 Å². The first-order chi connectivity index (χ1) is 11.0. The summed E-state index contributed by atoms with van der Waals surface area (Å²) in [6, 6.07) is 9.85. The molecular formula is C17H10Cl2N2O2. The molecule has 0 spiro atoms. The van der Waals surface area contributed by atoms with Crippen LogP contribution in [-0.4, -0.2) is 22.2 Å². The molecule has 0 N–H and O–H groups in total. The van der Waals surface area contributed by atoms with E-state index in [0.717, 1.165) is 0 Å². The Hall–Kier alpha value is -2.30. The van der Waals surface area contributed by atoms with Crippen molar-refractivity contribution in [3.8, 4) is 0 Å². The van der Waals surface area contributed by atoms with Gasteiger partial charge >= 0.3 is 0 Å². The van der Waals surface area contributed by atoms with Gasteiger partial charge in [-0.15, -0.1) is 0 Å². The van der Waals surface area contributed by atoms with E-state index >= 15 is 0 Å². The number of carbonyl (C=O) groups excluding carboxylic acids is 2. The summed E-state index contributed by atoms with van der Waals surface area (Å²) in [6.45, 7) is 0. The second-order valence-corrected chi connectivity index (χ2v) is 5.67. The zero-order chi connectivity index (χ0) is 16.4. The first-order valence-electron chi connectivity index (χ1n) is 6.73. The van der Waals surface area contributed by atoms with Gasteiger partial charge in [0, 0.05) is 18.0 Å². The highest BCUT2D eigenvalue weighted by Crippen LogP contribution is 2.34. The molecule has 0 saturated carbocycles. The van der Waals surface area contributed by atoms with Crippen LogP contribution in [0.4, 0.5) is 0 Å². The number of allylic oxidation sites excluding steroid dienone is 1. The second kappa shape index (κ2) is 6.07. The summed E-state index contributed by atoms with van der Waals surface area (Å²) in [4.78, 5) is 32.7. The van der Waals surface area contributed by atoms with E-state index in [4.69, 9.17) is 23.2 Å². The van der Waals surface area contributed by atoms with Crippen LogP contribution in [0.25, 0.3) is 0 Å². The first kappa shape index (κ1) is 15.6. The highest BCUT2D eigenvalue weighted by atomic mass is 35.5. The first-order valence-corrected chi connectivity index (χ1v) is 7.49. The maximum Gasteiger partial charge on any atom is 0.253 e. The molecule has 1 atom stereocenters. The molecule has 0 bridgehead atoms. The average Bonchev–Trinajstić information content (AvgIpc) is 3.06. The van der Waals surface area contributed by atoms with Crippen molar-refractivity contribution < 1.29 is 9.59 Å². The average molecular weight is 345 g/mol. The summed E-state index contributed by atoms with van der Waals surface area (Å²) in [5.41, 5.74) is -0.272. The van der Waals surface area contributed by atoms with Crippen molar-refractivity contribution in [3.63, 3.8) is 0 Å². The molecule has 1 aliphatic heterocycles. The van der Waals surface area contributed by atoms with E-state index < -0.39 is 10.8 Å². The summed E-state index contributed by atoms with van der Waals surface area (Å²) < 4.78 is 0. The third-order valence-electron chi connectivity index (χ3n) is 3.55. The lowest BCUT2D eigenvalue weighted by Gasteiger charge is -2.22. The SMILES string of the molecule is O=C(Cl)c1ccc(C2(C(=O)c3ccccc3Cl)C=CC=N2)nc1. The summed E-state index contributed by atoms with van der Waals surface area (Å²) in [5.74, 6) is -0.287. The van der Waals surface area contributed by atoms with Crippen LogP contribution in [-0.2, 0) is 5.54 Å². The summed E-state index contributed by atoms with van der Waals surface area (Å²) in [7, 11) is 0. The fraction of sp³-hybridized carbons (Fsp3) is 0.0588. The minimum absolute atomic E-state index is 0.252. The summed E-state index contributed by atoms with van der Waals surface area (Å²) >= 11 is 11.6. The van der Waals surface area contributed by atoms with Gasteiger partial charge in [-0.3, -0.25) is 19.6 Å². The second-order valence-electron chi connectivity index (χ2n) is 4.92.